The number of hydrogen-bond donors (Lipinski definition) is 2. The first-order valence-electron chi connectivity index (χ1n) is 4.64. The predicted octanol–water partition coefficient (Wildman–Crippen LogP) is 2.23. The second-order valence-electron chi connectivity index (χ2n) is 3.78. The summed E-state index contributed by atoms with van der Waals surface area (Å²) in [6.45, 7) is 0. The molecule has 1 aromatic carbocycles. The van der Waals surface area contributed by atoms with Crippen LogP contribution in [0.4, 0.5) is 18.9 Å². The first kappa shape index (κ1) is 10.3. The molecule has 0 saturated carbocycles. The van der Waals surface area contributed by atoms with Crippen LogP contribution in [-0.4, -0.2) is 0 Å². The van der Waals surface area contributed by atoms with Gasteiger partial charge in [0.05, 0.1) is 5.56 Å². The SMILES string of the molecule is Nc1cc2c(cc1C(F)(F)F)[C@H](N)CC2. The van der Waals surface area contributed by atoms with Gasteiger partial charge in [0.2, 0.25) is 0 Å². The number of rotatable bonds is 0. The highest BCUT2D eigenvalue weighted by molar-refractivity contribution is 5.55. The van der Waals surface area contributed by atoms with E-state index in [1.807, 2.05) is 0 Å². The Balaban J connectivity index is 2.55. The average Bonchev–Trinajstić information content (AvgIpc) is 2.44. The molecule has 2 rings (SSSR count). The summed E-state index contributed by atoms with van der Waals surface area (Å²) in [5.41, 5.74) is 11.5. The monoisotopic (exact) mass is 216 g/mol. The predicted molar refractivity (Wildman–Crippen MR) is 51.1 cm³/mol. The summed E-state index contributed by atoms with van der Waals surface area (Å²) in [5.74, 6) is 0. The molecule has 0 aliphatic heterocycles. The average molecular weight is 216 g/mol. The van der Waals surface area contributed by atoms with E-state index in [0.717, 1.165) is 11.6 Å². The lowest BCUT2D eigenvalue weighted by atomic mass is 10.0. The smallest absolute Gasteiger partial charge is 0.398 e. The lowest BCUT2D eigenvalue weighted by Gasteiger charge is -2.13. The van der Waals surface area contributed by atoms with E-state index in [0.29, 0.717) is 18.4 Å². The van der Waals surface area contributed by atoms with Gasteiger partial charge in [0.25, 0.3) is 0 Å². The summed E-state index contributed by atoms with van der Waals surface area (Å²) in [6.07, 6.45) is -3.00. The third kappa shape index (κ3) is 1.67. The number of anilines is 1. The maximum atomic E-state index is 12.5. The highest BCUT2D eigenvalue weighted by Crippen LogP contribution is 2.39. The molecule has 0 saturated heterocycles. The second-order valence-corrected chi connectivity index (χ2v) is 3.78. The van der Waals surface area contributed by atoms with Crippen molar-refractivity contribution in [1.82, 2.24) is 0 Å². The third-order valence-electron chi connectivity index (χ3n) is 2.74. The van der Waals surface area contributed by atoms with Gasteiger partial charge in [-0.15, -0.1) is 0 Å². The summed E-state index contributed by atoms with van der Waals surface area (Å²) in [5, 5.41) is 0. The van der Waals surface area contributed by atoms with Crippen molar-refractivity contribution in [2.45, 2.75) is 25.1 Å². The fourth-order valence-electron chi connectivity index (χ4n) is 1.95. The molecule has 4 N–H and O–H groups in total. The number of aryl methyl sites for hydroxylation is 1. The molecule has 1 aromatic rings. The zero-order chi connectivity index (χ0) is 11.2. The van der Waals surface area contributed by atoms with Crippen LogP contribution in [-0.2, 0) is 12.6 Å². The van der Waals surface area contributed by atoms with Crippen LogP contribution in [0.5, 0.6) is 0 Å². The Labute approximate surface area is 85.1 Å². The van der Waals surface area contributed by atoms with E-state index in [2.05, 4.69) is 0 Å². The number of nitrogens with two attached hydrogens (primary N) is 2. The lowest BCUT2D eigenvalue weighted by Crippen LogP contribution is -2.12. The summed E-state index contributed by atoms with van der Waals surface area (Å²) < 4.78 is 37.6. The molecule has 5 heteroatoms. The van der Waals surface area contributed by atoms with Crippen molar-refractivity contribution >= 4 is 5.69 Å². The molecule has 0 amide bonds. The van der Waals surface area contributed by atoms with Crippen LogP contribution in [0.3, 0.4) is 0 Å². The van der Waals surface area contributed by atoms with Crippen molar-refractivity contribution in [2.75, 3.05) is 5.73 Å². The van der Waals surface area contributed by atoms with Crippen LogP contribution in [0.15, 0.2) is 12.1 Å². The fourth-order valence-corrected chi connectivity index (χ4v) is 1.95. The number of nitrogen functional groups attached to an aromatic ring is 1. The van der Waals surface area contributed by atoms with E-state index in [1.54, 1.807) is 0 Å². The lowest BCUT2D eigenvalue weighted by molar-refractivity contribution is -0.136. The van der Waals surface area contributed by atoms with Crippen molar-refractivity contribution in [1.29, 1.82) is 0 Å². The van der Waals surface area contributed by atoms with Crippen LogP contribution >= 0.6 is 0 Å². The Morgan fingerprint density at radius 3 is 2.53 bits per heavy atom. The van der Waals surface area contributed by atoms with Crippen molar-refractivity contribution < 1.29 is 13.2 Å². The zero-order valence-electron chi connectivity index (χ0n) is 7.93. The third-order valence-corrected chi connectivity index (χ3v) is 2.74. The van der Waals surface area contributed by atoms with Crippen molar-refractivity contribution in [3.8, 4) is 0 Å². The first-order valence-corrected chi connectivity index (χ1v) is 4.64. The van der Waals surface area contributed by atoms with Crippen LogP contribution in [0.1, 0.15) is 29.2 Å². The van der Waals surface area contributed by atoms with Crippen LogP contribution in [0.25, 0.3) is 0 Å². The van der Waals surface area contributed by atoms with E-state index in [9.17, 15) is 13.2 Å². The topological polar surface area (TPSA) is 52.0 Å². The van der Waals surface area contributed by atoms with Gasteiger partial charge < -0.3 is 11.5 Å². The molecule has 0 radical (unpaired) electrons. The molecule has 1 aliphatic rings. The van der Waals surface area contributed by atoms with Gasteiger partial charge in [-0.2, -0.15) is 13.2 Å². The van der Waals surface area contributed by atoms with Crippen LogP contribution in [0.2, 0.25) is 0 Å². The summed E-state index contributed by atoms with van der Waals surface area (Å²) in [7, 11) is 0. The van der Waals surface area contributed by atoms with Crippen molar-refractivity contribution in [3.05, 3.63) is 28.8 Å². The molecule has 0 unspecified atom stereocenters. The molecule has 1 aliphatic carbocycles. The highest BCUT2D eigenvalue weighted by Gasteiger charge is 2.35. The zero-order valence-corrected chi connectivity index (χ0v) is 7.93. The normalized spacial score (nSPS) is 20.4. The van der Waals surface area contributed by atoms with E-state index in [4.69, 9.17) is 11.5 Å². The minimum absolute atomic E-state index is 0.213. The van der Waals surface area contributed by atoms with Gasteiger partial charge in [-0.3, -0.25) is 0 Å². The molecular weight excluding hydrogens is 205 g/mol. The Bertz CT molecular complexity index is 398. The van der Waals surface area contributed by atoms with Crippen molar-refractivity contribution in [2.24, 2.45) is 5.73 Å². The van der Waals surface area contributed by atoms with Gasteiger partial charge in [0.15, 0.2) is 0 Å². The molecule has 0 fully saturated rings. The Hall–Kier alpha value is -1.23. The molecule has 0 aromatic heterocycles. The molecule has 2 nitrogen and oxygen atoms in total. The van der Waals surface area contributed by atoms with Gasteiger partial charge >= 0.3 is 6.18 Å². The summed E-state index contributed by atoms with van der Waals surface area (Å²) >= 11 is 0. The minimum Gasteiger partial charge on any atom is -0.398 e. The Morgan fingerprint density at radius 2 is 1.93 bits per heavy atom. The number of hydrogen-bond acceptors (Lipinski definition) is 2. The minimum atomic E-state index is -4.40. The first-order chi connectivity index (χ1) is 6.89. The molecule has 0 spiro atoms. The molecule has 0 bridgehead atoms. The highest BCUT2D eigenvalue weighted by atomic mass is 19.4. The van der Waals surface area contributed by atoms with Gasteiger partial charge in [-0.1, -0.05) is 0 Å². The fraction of sp³-hybridized carbons (Fsp3) is 0.400. The van der Waals surface area contributed by atoms with E-state index >= 15 is 0 Å². The molecule has 0 heterocycles. The molecule has 1 atom stereocenters. The summed E-state index contributed by atoms with van der Waals surface area (Å²) in [4.78, 5) is 0. The number of fused-ring (bicyclic) bond motifs is 1. The van der Waals surface area contributed by atoms with Crippen LogP contribution in [0, 0.1) is 0 Å². The van der Waals surface area contributed by atoms with Gasteiger partial charge in [0.1, 0.15) is 0 Å². The van der Waals surface area contributed by atoms with Gasteiger partial charge in [-0.25, -0.2) is 0 Å². The Morgan fingerprint density at radius 1 is 1.27 bits per heavy atom. The number of benzene rings is 1. The summed E-state index contributed by atoms with van der Waals surface area (Å²) in [6, 6.07) is 2.19. The molecule has 15 heavy (non-hydrogen) atoms. The van der Waals surface area contributed by atoms with Crippen LogP contribution < -0.4 is 11.5 Å². The van der Waals surface area contributed by atoms with Gasteiger partial charge in [0, 0.05) is 11.7 Å². The number of halogens is 3. The maximum absolute atomic E-state index is 12.5. The standard InChI is InChI=1S/C10H11F3N2/c11-10(12,13)7-4-6-5(3-9(7)15)1-2-8(6)14/h3-4,8H,1-2,14-15H2/t8-/m1/s1. The van der Waals surface area contributed by atoms with E-state index in [1.165, 1.54) is 6.07 Å². The maximum Gasteiger partial charge on any atom is 0.418 e. The molecule has 82 valence electrons. The van der Waals surface area contributed by atoms with Crippen molar-refractivity contribution in [3.63, 3.8) is 0 Å². The largest absolute Gasteiger partial charge is 0.418 e. The van der Waals surface area contributed by atoms with E-state index in [-0.39, 0.29) is 11.7 Å². The van der Waals surface area contributed by atoms with Gasteiger partial charge in [-0.05, 0) is 36.1 Å². The number of alkyl halides is 3. The Kier molecular flexibility index (Phi) is 2.15. The second kappa shape index (κ2) is 3.13. The van der Waals surface area contributed by atoms with E-state index < -0.39 is 11.7 Å². The quantitative estimate of drug-likeness (QED) is 0.653. The molecular formula is C10H11F3N2.